The molecule has 4 nitrogen and oxygen atoms in total. The number of hydrogen-bond donors (Lipinski definition) is 1. The first kappa shape index (κ1) is 17.3. The molecular formula is C20H30N2O2. The van der Waals surface area contributed by atoms with Crippen LogP contribution in [0.3, 0.4) is 0 Å². The first-order valence-electron chi connectivity index (χ1n) is 9.20. The molecule has 1 atom stereocenters. The Morgan fingerprint density at radius 1 is 1.42 bits per heavy atom. The predicted octanol–water partition coefficient (Wildman–Crippen LogP) is 2.79. The number of carbonyl (C=O) groups excluding carboxylic acids is 1. The van der Waals surface area contributed by atoms with Gasteiger partial charge in [-0.05, 0) is 56.3 Å². The van der Waals surface area contributed by atoms with E-state index in [4.69, 9.17) is 4.74 Å². The van der Waals surface area contributed by atoms with Gasteiger partial charge in [0, 0.05) is 25.0 Å². The molecule has 1 unspecified atom stereocenters. The largest absolute Gasteiger partial charge is 0.493 e. The summed E-state index contributed by atoms with van der Waals surface area (Å²) in [5.74, 6) is 1.83. The van der Waals surface area contributed by atoms with Crippen LogP contribution in [0.1, 0.15) is 44.7 Å². The lowest BCUT2D eigenvalue weighted by molar-refractivity contribution is -0.121. The van der Waals surface area contributed by atoms with E-state index in [1.165, 1.54) is 18.4 Å². The molecule has 0 aromatic heterocycles. The van der Waals surface area contributed by atoms with Gasteiger partial charge in [-0.2, -0.15) is 0 Å². The minimum atomic E-state index is 0.0100. The lowest BCUT2D eigenvalue weighted by Crippen LogP contribution is -2.54. The first-order valence-corrected chi connectivity index (χ1v) is 9.20. The van der Waals surface area contributed by atoms with E-state index in [0.29, 0.717) is 13.0 Å². The molecule has 0 aliphatic carbocycles. The lowest BCUT2D eigenvalue weighted by Gasteiger charge is -2.43. The van der Waals surface area contributed by atoms with Crippen LogP contribution in [0, 0.1) is 5.92 Å². The molecule has 1 aromatic carbocycles. The highest BCUT2D eigenvalue weighted by molar-refractivity contribution is 5.78. The zero-order valence-corrected chi connectivity index (χ0v) is 15.2. The number of nitrogens with one attached hydrogen (secondary N) is 1. The Morgan fingerprint density at radius 2 is 2.25 bits per heavy atom. The SMILES string of the molecule is CC1CCCN(C(C)(C)CNC(=O)Cc2ccc3c(c2)CCO3)C1. The Hall–Kier alpha value is -1.55. The molecule has 0 bridgehead atoms. The minimum Gasteiger partial charge on any atom is -0.493 e. The second kappa shape index (κ2) is 7.14. The van der Waals surface area contributed by atoms with E-state index in [-0.39, 0.29) is 11.4 Å². The van der Waals surface area contributed by atoms with Crippen LogP contribution in [0.25, 0.3) is 0 Å². The molecule has 0 spiro atoms. The second-order valence-electron chi connectivity index (χ2n) is 8.00. The maximum absolute atomic E-state index is 12.3. The van der Waals surface area contributed by atoms with Crippen molar-refractivity contribution >= 4 is 5.91 Å². The van der Waals surface area contributed by atoms with E-state index in [0.717, 1.165) is 43.3 Å². The van der Waals surface area contributed by atoms with E-state index in [1.54, 1.807) is 0 Å². The Balaban J connectivity index is 1.51. The summed E-state index contributed by atoms with van der Waals surface area (Å²) in [6.45, 7) is 10.5. The van der Waals surface area contributed by atoms with Gasteiger partial charge in [0.05, 0.1) is 13.0 Å². The maximum atomic E-state index is 12.3. The van der Waals surface area contributed by atoms with E-state index < -0.39 is 0 Å². The van der Waals surface area contributed by atoms with Gasteiger partial charge in [-0.25, -0.2) is 0 Å². The monoisotopic (exact) mass is 330 g/mol. The van der Waals surface area contributed by atoms with E-state index >= 15 is 0 Å². The number of nitrogens with zero attached hydrogens (tertiary/aromatic N) is 1. The van der Waals surface area contributed by atoms with Crippen molar-refractivity contribution < 1.29 is 9.53 Å². The zero-order valence-electron chi connectivity index (χ0n) is 15.2. The molecule has 3 rings (SSSR count). The fraction of sp³-hybridized carbons (Fsp3) is 0.650. The maximum Gasteiger partial charge on any atom is 0.224 e. The Labute approximate surface area is 145 Å². The summed E-state index contributed by atoms with van der Waals surface area (Å²) in [5.41, 5.74) is 2.31. The van der Waals surface area contributed by atoms with Gasteiger partial charge in [0.25, 0.3) is 0 Å². The van der Waals surface area contributed by atoms with Gasteiger partial charge in [0.1, 0.15) is 5.75 Å². The number of ether oxygens (including phenoxy) is 1. The quantitative estimate of drug-likeness (QED) is 0.903. The normalized spacial score (nSPS) is 21.2. The third-order valence-corrected chi connectivity index (χ3v) is 5.35. The average Bonchev–Trinajstić information content (AvgIpc) is 3.01. The molecule has 132 valence electrons. The minimum absolute atomic E-state index is 0.0100. The number of hydrogen-bond acceptors (Lipinski definition) is 3. The number of benzene rings is 1. The van der Waals surface area contributed by atoms with Gasteiger partial charge in [0.2, 0.25) is 5.91 Å². The standard InChI is InChI=1S/C20H30N2O2/c1-15-5-4-9-22(13-15)20(2,3)14-21-19(23)12-16-6-7-18-17(11-16)8-10-24-18/h6-7,11,15H,4-5,8-10,12-14H2,1-3H3,(H,21,23). The van der Waals surface area contributed by atoms with Gasteiger partial charge < -0.3 is 10.1 Å². The average molecular weight is 330 g/mol. The van der Waals surface area contributed by atoms with Crippen LogP contribution in [0.4, 0.5) is 0 Å². The number of piperidine rings is 1. The molecule has 2 aliphatic heterocycles. The fourth-order valence-electron chi connectivity index (χ4n) is 3.76. The molecule has 2 aliphatic rings. The van der Waals surface area contributed by atoms with Crippen molar-refractivity contribution in [2.45, 2.75) is 52.0 Å². The molecule has 1 aromatic rings. The highest BCUT2D eigenvalue weighted by Gasteiger charge is 2.30. The smallest absolute Gasteiger partial charge is 0.224 e. The predicted molar refractivity (Wildman–Crippen MR) is 96.4 cm³/mol. The van der Waals surface area contributed by atoms with Crippen molar-refractivity contribution in [2.24, 2.45) is 5.92 Å². The first-order chi connectivity index (χ1) is 11.4. The molecule has 1 fully saturated rings. The summed E-state index contributed by atoms with van der Waals surface area (Å²) in [7, 11) is 0. The van der Waals surface area contributed by atoms with Gasteiger partial charge >= 0.3 is 0 Å². The van der Waals surface area contributed by atoms with Crippen LogP contribution in [0.15, 0.2) is 18.2 Å². The van der Waals surface area contributed by atoms with Crippen LogP contribution in [-0.4, -0.2) is 42.6 Å². The van der Waals surface area contributed by atoms with E-state index in [9.17, 15) is 4.79 Å². The highest BCUT2D eigenvalue weighted by Crippen LogP contribution is 2.26. The van der Waals surface area contributed by atoms with Crippen molar-refractivity contribution in [1.29, 1.82) is 0 Å². The van der Waals surface area contributed by atoms with Crippen molar-refractivity contribution in [1.82, 2.24) is 10.2 Å². The molecule has 1 amide bonds. The topological polar surface area (TPSA) is 41.6 Å². The summed E-state index contributed by atoms with van der Waals surface area (Å²) >= 11 is 0. The van der Waals surface area contributed by atoms with Gasteiger partial charge in [0.15, 0.2) is 0 Å². The van der Waals surface area contributed by atoms with Crippen molar-refractivity contribution in [3.05, 3.63) is 29.3 Å². The van der Waals surface area contributed by atoms with Gasteiger partial charge in [-0.15, -0.1) is 0 Å². The number of carbonyl (C=O) groups is 1. The summed E-state index contributed by atoms with van der Waals surface area (Å²) in [4.78, 5) is 14.9. The van der Waals surface area contributed by atoms with E-state index in [1.807, 2.05) is 12.1 Å². The third-order valence-electron chi connectivity index (χ3n) is 5.35. The summed E-state index contributed by atoms with van der Waals surface area (Å²) < 4.78 is 5.52. The van der Waals surface area contributed by atoms with E-state index in [2.05, 4.69) is 37.1 Å². The Morgan fingerprint density at radius 3 is 3.04 bits per heavy atom. The second-order valence-corrected chi connectivity index (χ2v) is 8.00. The molecule has 2 heterocycles. The van der Waals surface area contributed by atoms with Crippen molar-refractivity contribution in [3.63, 3.8) is 0 Å². The zero-order chi connectivity index (χ0) is 17.2. The molecule has 0 saturated carbocycles. The number of amides is 1. The summed E-state index contributed by atoms with van der Waals surface area (Å²) in [5, 5.41) is 3.14. The molecule has 0 radical (unpaired) electrons. The van der Waals surface area contributed by atoms with Crippen LogP contribution in [0.2, 0.25) is 0 Å². The Kier molecular flexibility index (Phi) is 5.14. The van der Waals surface area contributed by atoms with Crippen LogP contribution in [-0.2, 0) is 17.6 Å². The molecule has 1 N–H and O–H groups in total. The number of rotatable bonds is 5. The molecule has 4 heteroatoms. The van der Waals surface area contributed by atoms with Gasteiger partial charge in [-0.1, -0.05) is 19.1 Å². The fourth-order valence-corrected chi connectivity index (χ4v) is 3.76. The Bertz CT molecular complexity index is 597. The summed E-state index contributed by atoms with van der Waals surface area (Å²) in [6.07, 6.45) is 3.97. The van der Waals surface area contributed by atoms with Crippen molar-refractivity contribution in [2.75, 3.05) is 26.2 Å². The number of fused-ring (bicyclic) bond motifs is 1. The van der Waals surface area contributed by atoms with Gasteiger partial charge in [-0.3, -0.25) is 9.69 Å². The highest BCUT2D eigenvalue weighted by atomic mass is 16.5. The third kappa shape index (κ3) is 4.10. The molecule has 24 heavy (non-hydrogen) atoms. The van der Waals surface area contributed by atoms with Crippen molar-refractivity contribution in [3.8, 4) is 5.75 Å². The summed E-state index contributed by atoms with van der Waals surface area (Å²) in [6, 6.07) is 6.10. The van der Waals surface area contributed by atoms with Crippen LogP contribution >= 0.6 is 0 Å². The molecule has 1 saturated heterocycles. The van der Waals surface area contributed by atoms with Crippen LogP contribution < -0.4 is 10.1 Å². The lowest BCUT2D eigenvalue weighted by atomic mass is 9.93. The molecular weight excluding hydrogens is 300 g/mol. The van der Waals surface area contributed by atoms with Crippen LogP contribution in [0.5, 0.6) is 5.75 Å². The number of likely N-dealkylation sites (tertiary alicyclic amines) is 1.